The number of rotatable bonds is 18. The average molecular weight is 593 g/mol. The van der Waals surface area contributed by atoms with Gasteiger partial charge in [0.2, 0.25) is 0 Å². The molecule has 0 aliphatic rings. The molecule has 1 unspecified atom stereocenters. The van der Waals surface area contributed by atoms with E-state index in [9.17, 15) is 19.5 Å². The van der Waals surface area contributed by atoms with E-state index in [2.05, 4.69) is 17.6 Å². The third-order valence-electron chi connectivity index (χ3n) is 7.34. The van der Waals surface area contributed by atoms with Gasteiger partial charge in [-0.2, -0.15) is 0 Å². The Morgan fingerprint density at radius 1 is 0.750 bits per heavy atom. The molecule has 0 bridgehead atoms. The number of carboxylic acid groups (broad SMARTS) is 1. The minimum atomic E-state index is -1.01. The van der Waals surface area contributed by atoms with Gasteiger partial charge in [-0.3, -0.25) is 9.59 Å². The molecule has 0 amide bonds. The van der Waals surface area contributed by atoms with Crippen molar-refractivity contribution in [3.05, 3.63) is 125 Å². The van der Waals surface area contributed by atoms with Crippen molar-refractivity contribution in [1.29, 1.82) is 0 Å². The van der Waals surface area contributed by atoms with E-state index in [1.54, 1.807) is 48.5 Å². The fraction of sp³-hybridized carbons (Fsp3) is 0.270. The molecule has 4 aromatic carbocycles. The fourth-order valence-electron chi connectivity index (χ4n) is 4.93. The number of unbranched alkanes of at least 4 members (excludes halogenated alkanes) is 2. The van der Waals surface area contributed by atoms with Gasteiger partial charge < -0.3 is 20.5 Å². The van der Waals surface area contributed by atoms with Crippen molar-refractivity contribution in [2.75, 3.05) is 23.8 Å². The molecule has 0 aliphatic heterocycles. The summed E-state index contributed by atoms with van der Waals surface area (Å²) < 4.78 is 5.90. The quantitative estimate of drug-likeness (QED) is 0.0804. The second-order valence-corrected chi connectivity index (χ2v) is 10.7. The van der Waals surface area contributed by atoms with Gasteiger partial charge in [-0.1, -0.05) is 86.5 Å². The van der Waals surface area contributed by atoms with Crippen molar-refractivity contribution < 1.29 is 24.2 Å². The minimum absolute atomic E-state index is 0.170. The molecule has 44 heavy (non-hydrogen) atoms. The highest BCUT2D eigenvalue weighted by Gasteiger charge is 2.21. The van der Waals surface area contributed by atoms with Gasteiger partial charge in [-0.25, -0.2) is 4.79 Å². The summed E-state index contributed by atoms with van der Waals surface area (Å²) in [7, 11) is 0. The molecule has 0 saturated carbocycles. The molecule has 0 heterocycles. The topological polar surface area (TPSA) is 105 Å². The Labute approximate surface area is 259 Å². The summed E-state index contributed by atoms with van der Waals surface area (Å²) in [6.07, 6.45) is 4.59. The van der Waals surface area contributed by atoms with Crippen LogP contribution in [0.5, 0.6) is 5.75 Å². The number of nitrogens with one attached hydrogen (secondary N) is 2. The fourth-order valence-corrected chi connectivity index (χ4v) is 4.93. The molecular formula is C37H40N2O5. The van der Waals surface area contributed by atoms with Crippen molar-refractivity contribution in [1.82, 2.24) is 0 Å². The van der Waals surface area contributed by atoms with E-state index in [0.717, 1.165) is 42.5 Å². The van der Waals surface area contributed by atoms with Crippen molar-refractivity contribution in [2.45, 2.75) is 51.5 Å². The van der Waals surface area contributed by atoms with Crippen molar-refractivity contribution >= 4 is 28.9 Å². The molecule has 4 aromatic rings. The van der Waals surface area contributed by atoms with Crippen LogP contribution in [0.15, 0.2) is 103 Å². The maximum absolute atomic E-state index is 13.1. The SMILES string of the molecule is CCCCCC(=O)c1ccccc1NCCCOc1ccc(CC(Nc2ccccc2C(=O)c2ccccc2)C(=O)O)cc1. The number of hydrogen-bond acceptors (Lipinski definition) is 6. The van der Waals surface area contributed by atoms with E-state index < -0.39 is 12.0 Å². The number of carboxylic acids is 1. The summed E-state index contributed by atoms with van der Waals surface area (Å²) in [5.74, 6) is -0.319. The van der Waals surface area contributed by atoms with Crippen LogP contribution in [0.3, 0.4) is 0 Å². The first kappa shape index (κ1) is 32.0. The lowest BCUT2D eigenvalue weighted by Crippen LogP contribution is -2.32. The van der Waals surface area contributed by atoms with Gasteiger partial charge in [0.15, 0.2) is 11.6 Å². The number of ketones is 2. The standard InChI is InChI=1S/C37H40N2O5/c1-2-3-5-19-35(40)30-15-8-10-17-32(30)38-24-12-25-44-29-22-20-27(21-23-29)26-34(37(42)43)39-33-18-11-9-16-31(33)36(41)28-13-6-4-7-14-28/h4,6-11,13-18,20-23,34,38-39H,2-3,5,12,19,24-26H2,1H3,(H,42,43). The summed E-state index contributed by atoms with van der Waals surface area (Å²) >= 11 is 0. The Morgan fingerprint density at radius 2 is 1.41 bits per heavy atom. The Hall–Kier alpha value is -4.91. The van der Waals surface area contributed by atoms with Crippen LogP contribution in [-0.2, 0) is 11.2 Å². The molecule has 0 spiro atoms. The molecule has 7 nitrogen and oxygen atoms in total. The maximum Gasteiger partial charge on any atom is 0.326 e. The second kappa shape index (κ2) is 16.7. The van der Waals surface area contributed by atoms with Gasteiger partial charge in [0.05, 0.1) is 6.61 Å². The van der Waals surface area contributed by atoms with Crippen LogP contribution in [0.1, 0.15) is 70.9 Å². The lowest BCUT2D eigenvalue weighted by molar-refractivity contribution is -0.137. The molecule has 0 fully saturated rings. The Kier molecular flexibility index (Phi) is 12.1. The molecular weight excluding hydrogens is 552 g/mol. The molecule has 0 radical (unpaired) electrons. The van der Waals surface area contributed by atoms with Crippen LogP contribution in [0.25, 0.3) is 0 Å². The maximum atomic E-state index is 13.1. The molecule has 1 atom stereocenters. The number of hydrogen-bond donors (Lipinski definition) is 3. The van der Waals surface area contributed by atoms with Crippen LogP contribution in [0.2, 0.25) is 0 Å². The minimum Gasteiger partial charge on any atom is -0.494 e. The van der Waals surface area contributed by atoms with E-state index in [1.807, 2.05) is 54.6 Å². The summed E-state index contributed by atoms with van der Waals surface area (Å²) in [6.45, 7) is 3.28. The van der Waals surface area contributed by atoms with Gasteiger partial charge >= 0.3 is 5.97 Å². The van der Waals surface area contributed by atoms with Crippen LogP contribution >= 0.6 is 0 Å². The summed E-state index contributed by atoms with van der Waals surface area (Å²) in [5.41, 5.74) is 3.85. The van der Waals surface area contributed by atoms with E-state index >= 15 is 0 Å². The van der Waals surface area contributed by atoms with Gasteiger partial charge in [-0.05, 0) is 54.8 Å². The van der Waals surface area contributed by atoms with Gasteiger partial charge in [0, 0.05) is 47.5 Å². The van der Waals surface area contributed by atoms with Gasteiger partial charge in [0.1, 0.15) is 11.8 Å². The van der Waals surface area contributed by atoms with E-state index in [-0.39, 0.29) is 18.0 Å². The molecule has 4 rings (SSSR count). The first-order valence-electron chi connectivity index (χ1n) is 15.2. The molecule has 0 aromatic heterocycles. The zero-order valence-corrected chi connectivity index (χ0v) is 25.1. The summed E-state index contributed by atoms with van der Waals surface area (Å²) in [4.78, 5) is 37.9. The predicted molar refractivity (Wildman–Crippen MR) is 175 cm³/mol. The highest BCUT2D eigenvalue weighted by Crippen LogP contribution is 2.22. The Morgan fingerprint density at radius 3 is 2.11 bits per heavy atom. The zero-order valence-electron chi connectivity index (χ0n) is 25.1. The van der Waals surface area contributed by atoms with E-state index in [1.165, 1.54) is 0 Å². The number of aliphatic carboxylic acids is 1. The van der Waals surface area contributed by atoms with Crippen LogP contribution in [-0.4, -0.2) is 41.8 Å². The van der Waals surface area contributed by atoms with E-state index in [4.69, 9.17) is 4.74 Å². The van der Waals surface area contributed by atoms with E-state index in [0.29, 0.717) is 42.1 Å². The number of carbonyl (C=O) groups excluding carboxylic acids is 2. The lowest BCUT2D eigenvalue weighted by atomic mass is 10.00. The largest absolute Gasteiger partial charge is 0.494 e. The van der Waals surface area contributed by atoms with Gasteiger partial charge in [-0.15, -0.1) is 0 Å². The predicted octanol–water partition coefficient (Wildman–Crippen LogP) is 7.67. The molecule has 0 saturated heterocycles. The normalized spacial score (nSPS) is 11.4. The van der Waals surface area contributed by atoms with Crippen LogP contribution in [0, 0.1) is 0 Å². The highest BCUT2D eigenvalue weighted by molar-refractivity contribution is 6.12. The highest BCUT2D eigenvalue weighted by atomic mass is 16.5. The smallest absolute Gasteiger partial charge is 0.326 e. The molecule has 228 valence electrons. The first-order valence-corrected chi connectivity index (χ1v) is 15.2. The monoisotopic (exact) mass is 592 g/mol. The number of carbonyl (C=O) groups is 3. The number of benzene rings is 4. The zero-order chi connectivity index (χ0) is 31.1. The second-order valence-electron chi connectivity index (χ2n) is 10.7. The van der Waals surface area contributed by atoms with Gasteiger partial charge in [0.25, 0.3) is 0 Å². The number of para-hydroxylation sites is 2. The number of anilines is 2. The lowest BCUT2D eigenvalue weighted by Gasteiger charge is -2.18. The van der Waals surface area contributed by atoms with Crippen molar-refractivity contribution in [2.24, 2.45) is 0 Å². The Bertz CT molecular complexity index is 1520. The third kappa shape index (κ3) is 9.30. The summed E-state index contributed by atoms with van der Waals surface area (Å²) in [5, 5.41) is 16.4. The molecule has 3 N–H and O–H groups in total. The Balaban J connectivity index is 1.27. The van der Waals surface area contributed by atoms with Crippen LogP contribution < -0.4 is 15.4 Å². The first-order chi connectivity index (χ1) is 21.5. The van der Waals surface area contributed by atoms with Crippen molar-refractivity contribution in [3.63, 3.8) is 0 Å². The van der Waals surface area contributed by atoms with Crippen LogP contribution in [0.4, 0.5) is 11.4 Å². The van der Waals surface area contributed by atoms with Crippen molar-refractivity contribution in [3.8, 4) is 5.75 Å². The average Bonchev–Trinajstić information content (AvgIpc) is 3.05. The molecule has 7 heteroatoms. The number of Topliss-reactive ketones (excluding diaryl/α,β-unsaturated/α-hetero) is 1. The third-order valence-corrected chi connectivity index (χ3v) is 7.34. The number of ether oxygens (including phenoxy) is 1. The molecule has 0 aliphatic carbocycles. The summed E-state index contributed by atoms with van der Waals surface area (Å²) in [6, 6.07) is 30.0.